The predicted octanol–water partition coefficient (Wildman–Crippen LogP) is 4.32. The Hall–Kier alpha value is -0.630. The highest BCUT2D eigenvalue weighted by atomic mass is 19.4. The monoisotopic (exact) mass is 274 g/mol. The van der Waals surface area contributed by atoms with Crippen LogP contribution >= 0.6 is 0 Å². The number of rotatable bonds is 0. The van der Waals surface area contributed by atoms with Crippen LogP contribution in [-0.2, 0) is 0 Å². The maximum Gasteiger partial charge on any atom is 0.404 e. The molecule has 17 heavy (non-hydrogen) atoms. The largest absolute Gasteiger partial charge is 0.404 e. The normalized spacial score (nSPS) is 33.7. The molecule has 102 valence electrons. The molecule has 1 saturated carbocycles. The van der Waals surface area contributed by atoms with E-state index in [0.717, 1.165) is 0 Å². The zero-order valence-electron chi connectivity index (χ0n) is 8.48. The molecule has 0 spiro atoms. The zero-order valence-corrected chi connectivity index (χ0v) is 8.48. The average Bonchev–Trinajstić information content (AvgIpc) is 2.47. The molecule has 0 radical (unpaired) electrons. The van der Waals surface area contributed by atoms with Crippen LogP contribution in [0, 0.1) is 16.7 Å². The van der Waals surface area contributed by atoms with E-state index in [1.165, 1.54) is 0 Å². The van der Waals surface area contributed by atoms with Gasteiger partial charge in [-0.3, -0.25) is 0 Å². The summed E-state index contributed by atoms with van der Waals surface area (Å²) in [5.74, 6) is -2.59. The number of alkyl halides is 9. The lowest BCUT2D eigenvalue weighted by atomic mass is 9.92. The first-order chi connectivity index (χ1) is 7.15. The van der Waals surface area contributed by atoms with E-state index in [9.17, 15) is 39.5 Å². The van der Waals surface area contributed by atoms with Crippen LogP contribution in [-0.4, -0.2) is 18.5 Å². The maximum absolute atomic E-state index is 12.4. The molecular weight excluding hydrogens is 267 g/mol. The molecule has 2 unspecified atom stereocenters. The van der Waals surface area contributed by atoms with Crippen LogP contribution in [0.15, 0.2) is 0 Å². The molecule has 1 aliphatic carbocycles. The van der Waals surface area contributed by atoms with E-state index < -0.39 is 35.3 Å². The second-order valence-corrected chi connectivity index (χ2v) is 4.23. The van der Waals surface area contributed by atoms with Crippen LogP contribution in [0.1, 0.15) is 13.8 Å². The summed E-state index contributed by atoms with van der Waals surface area (Å²) in [6.07, 6.45) is -17.6. The van der Waals surface area contributed by atoms with Crippen LogP contribution in [0.2, 0.25) is 0 Å². The Kier molecular flexibility index (Phi) is 2.57. The van der Waals surface area contributed by atoms with Crippen molar-refractivity contribution in [2.45, 2.75) is 32.4 Å². The van der Waals surface area contributed by atoms with Crippen molar-refractivity contribution in [3.63, 3.8) is 0 Å². The molecule has 0 bridgehead atoms. The van der Waals surface area contributed by atoms with Crippen molar-refractivity contribution in [2.75, 3.05) is 0 Å². The van der Waals surface area contributed by atoms with Gasteiger partial charge in [-0.2, -0.15) is 39.5 Å². The van der Waals surface area contributed by atoms with Crippen molar-refractivity contribution in [2.24, 2.45) is 16.7 Å². The Balaban J connectivity index is 3.45. The molecular formula is C8H7F9. The minimum Gasteiger partial charge on any atom is -0.170 e. The molecule has 0 saturated heterocycles. The topological polar surface area (TPSA) is 0 Å². The van der Waals surface area contributed by atoms with Crippen molar-refractivity contribution in [3.8, 4) is 0 Å². The van der Waals surface area contributed by atoms with Gasteiger partial charge in [0, 0.05) is 0 Å². The third kappa shape index (κ3) is 1.33. The van der Waals surface area contributed by atoms with Crippen molar-refractivity contribution in [1.82, 2.24) is 0 Å². The fourth-order valence-corrected chi connectivity index (χ4v) is 2.55. The SMILES string of the molecule is CC1C(C)(C(F)(F)F)C1(C(F)(F)F)C(F)(F)F. The highest BCUT2D eigenvalue weighted by Crippen LogP contribution is 2.84. The van der Waals surface area contributed by atoms with Crippen LogP contribution in [0.3, 0.4) is 0 Å². The molecule has 1 aliphatic rings. The van der Waals surface area contributed by atoms with E-state index in [4.69, 9.17) is 0 Å². The molecule has 0 N–H and O–H groups in total. The van der Waals surface area contributed by atoms with Gasteiger partial charge in [-0.15, -0.1) is 0 Å². The first kappa shape index (κ1) is 14.4. The van der Waals surface area contributed by atoms with Gasteiger partial charge in [0.05, 0.1) is 5.41 Å². The molecule has 0 nitrogen and oxygen atoms in total. The summed E-state index contributed by atoms with van der Waals surface area (Å²) in [6.45, 7) is 0.271. The average molecular weight is 274 g/mol. The quantitative estimate of drug-likeness (QED) is 0.577. The van der Waals surface area contributed by atoms with E-state index in [1.807, 2.05) is 0 Å². The first-order valence-electron chi connectivity index (χ1n) is 4.36. The van der Waals surface area contributed by atoms with Gasteiger partial charge in [-0.1, -0.05) is 6.92 Å². The molecule has 0 aliphatic heterocycles. The molecule has 1 rings (SSSR count). The number of halogens is 9. The summed E-state index contributed by atoms with van der Waals surface area (Å²) in [4.78, 5) is 0. The van der Waals surface area contributed by atoms with E-state index in [0.29, 0.717) is 6.92 Å². The van der Waals surface area contributed by atoms with E-state index in [2.05, 4.69) is 0 Å². The third-order valence-corrected chi connectivity index (χ3v) is 3.73. The van der Waals surface area contributed by atoms with E-state index >= 15 is 0 Å². The standard InChI is InChI=1S/C8H7F9/c1-3-4(2,6(9,10)11)5(3,7(12,13)14)8(15,16)17/h3H,1-2H3. The summed E-state index contributed by atoms with van der Waals surface area (Å²) >= 11 is 0. The van der Waals surface area contributed by atoms with Gasteiger partial charge in [0.25, 0.3) is 0 Å². The second kappa shape index (κ2) is 3.03. The van der Waals surface area contributed by atoms with Crippen LogP contribution in [0.5, 0.6) is 0 Å². The zero-order chi connectivity index (χ0) is 14.1. The summed E-state index contributed by atoms with van der Waals surface area (Å²) in [5, 5.41) is 0. The fourth-order valence-electron chi connectivity index (χ4n) is 2.55. The molecule has 2 atom stereocenters. The maximum atomic E-state index is 12.4. The lowest BCUT2D eigenvalue weighted by molar-refractivity contribution is -0.336. The molecule has 0 aromatic heterocycles. The Labute approximate surface area is 89.8 Å². The Morgan fingerprint density at radius 1 is 0.706 bits per heavy atom. The minimum absolute atomic E-state index is 0.0430. The van der Waals surface area contributed by atoms with Gasteiger partial charge < -0.3 is 0 Å². The smallest absolute Gasteiger partial charge is 0.170 e. The van der Waals surface area contributed by atoms with Crippen molar-refractivity contribution in [3.05, 3.63) is 0 Å². The minimum atomic E-state index is -5.99. The van der Waals surface area contributed by atoms with Crippen molar-refractivity contribution < 1.29 is 39.5 Å². The Morgan fingerprint density at radius 3 is 1.06 bits per heavy atom. The van der Waals surface area contributed by atoms with Crippen molar-refractivity contribution >= 4 is 0 Å². The van der Waals surface area contributed by atoms with Gasteiger partial charge in [0.15, 0.2) is 5.41 Å². The fraction of sp³-hybridized carbons (Fsp3) is 1.00. The second-order valence-electron chi connectivity index (χ2n) is 4.23. The van der Waals surface area contributed by atoms with Crippen LogP contribution in [0.25, 0.3) is 0 Å². The number of hydrogen-bond donors (Lipinski definition) is 0. The number of hydrogen-bond acceptors (Lipinski definition) is 0. The first-order valence-corrected chi connectivity index (χ1v) is 4.36. The van der Waals surface area contributed by atoms with Gasteiger partial charge in [-0.25, -0.2) is 0 Å². The molecule has 0 amide bonds. The lowest BCUT2D eigenvalue weighted by Crippen LogP contribution is -2.46. The van der Waals surface area contributed by atoms with Gasteiger partial charge in [0.1, 0.15) is 0 Å². The Bertz CT molecular complexity index is 305. The summed E-state index contributed by atoms with van der Waals surface area (Å²) in [7, 11) is 0. The Morgan fingerprint density at radius 2 is 1.00 bits per heavy atom. The van der Waals surface area contributed by atoms with Crippen LogP contribution in [0.4, 0.5) is 39.5 Å². The van der Waals surface area contributed by atoms with Gasteiger partial charge >= 0.3 is 18.5 Å². The lowest BCUT2D eigenvalue weighted by Gasteiger charge is -2.28. The molecule has 9 heteroatoms. The highest BCUT2D eigenvalue weighted by Gasteiger charge is 2.99. The van der Waals surface area contributed by atoms with Gasteiger partial charge in [-0.05, 0) is 12.8 Å². The van der Waals surface area contributed by atoms with E-state index in [-0.39, 0.29) is 6.92 Å². The summed E-state index contributed by atoms with van der Waals surface area (Å²) in [6, 6.07) is 0. The summed E-state index contributed by atoms with van der Waals surface area (Å²) < 4.78 is 112. The third-order valence-electron chi connectivity index (χ3n) is 3.73. The summed E-state index contributed by atoms with van der Waals surface area (Å²) in [5.41, 5.74) is -8.53. The van der Waals surface area contributed by atoms with E-state index in [1.54, 1.807) is 0 Å². The predicted molar refractivity (Wildman–Crippen MR) is 37.9 cm³/mol. The molecule has 0 heterocycles. The van der Waals surface area contributed by atoms with Gasteiger partial charge in [0.2, 0.25) is 0 Å². The molecule has 0 aromatic rings. The molecule has 1 fully saturated rings. The molecule has 0 aromatic carbocycles. The van der Waals surface area contributed by atoms with Crippen molar-refractivity contribution in [1.29, 1.82) is 0 Å². The van der Waals surface area contributed by atoms with Crippen LogP contribution < -0.4 is 0 Å². The highest BCUT2D eigenvalue weighted by molar-refractivity contribution is 5.27.